The molecule has 0 fully saturated rings. The van der Waals surface area contributed by atoms with Crippen molar-refractivity contribution in [1.29, 1.82) is 0 Å². The number of aryl methyl sites for hydroxylation is 1. The second-order valence-corrected chi connectivity index (χ2v) is 3.56. The van der Waals surface area contributed by atoms with Crippen LogP contribution in [-0.2, 0) is 0 Å². The fraction of sp³-hybridized carbons (Fsp3) is 0.364. The van der Waals surface area contributed by atoms with Crippen LogP contribution < -0.4 is 0 Å². The first-order valence-electron chi connectivity index (χ1n) is 4.50. The second-order valence-electron chi connectivity index (χ2n) is 3.18. The van der Waals surface area contributed by atoms with Crippen molar-refractivity contribution in [2.45, 2.75) is 19.8 Å². The molecule has 14 heavy (non-hydrogen) atoms. The van der Waals surface area contributed by atoms with Gasteiger partial charge in [-0.3, -0.25) is 4.79 Å². The Kier molecular flexibility index (Phi) is 4.08. The molecule has 0 aromatic heterocycles. The normalized spacial score (nSPS) is 10.2. The summed E-state index contributed by atoms with van der Waals surface area (Å²) < 4.78 is 12.9. The molecular formula is C11H12ClFO. The van der Waals surface area contributed by atoms with Crippen LogP contribution in [0.5, 0.6) is 0 Å². The van der Waals surface area contributed by atoms with Gasteiger partial charge in [0, 0.05) is 17.9 Å². The highest BCUT2D eigenvalue weighted by Gasteiger charge is 2.06. The Hall–Kier alpha value is -0.890. The van der Waals surface area contributed by atoms with E-state index in [1.165, 1.54) is 12.1 Å². The molecular weight excluding hydrogens is 203 g/mol. The first kappa shape index (κ1) is 11.2. The molecule has 0 unspecified atom stereocenters. The Morgan fingerprint density at radius 1 is 1.50 bits per heavy atom. The summed E-state index contributed by atoms with van der Waals surface area (Å²) in [5.41, 5.74) is 1.07. The highest BCUT2D eigenvalue weighted by Crippen LogP contribution is 2.12. The maximum absolute atomic E-state index is 12.9. The van der Waals surface area contributed by atoms with E-state index in [1.54, 1.807) is 13.0 Å². The minimum absolute atomic E-state index is 0.0220. The molecule has 1 rings (SSSR count). The van der Waals surface area contributed by atoms with Crippen molar-refractivity contribution >= 4 is 17.4 Å². The van der Waals surface area contributed by atoms with Crippen LogP contribution in [0.4, 0.5) is 4.39 Å². The van der Waals surface area contributed by atoms with Gasteiger partial charge < -0.3 is 0 Å². The molecule has 0 saturated heterocycles. The Morgan fingerprint density at radius 3 is 2.79 bits per heavy atom. The SMILES string of the molecule is Cc1cc(C(=O)CCCCl)ccc1F. The third kappa shape index (κ3) is 2.81. The van der Waals surface area contributed by atoms with Crippen molar-refractivity contribution in [1.82, 2.24) is 0 Å². The monoisotopic (exact) mass is 214 g/mol. The molecule has 0 aliphatic rings. The molecule has 76 valence electrons. The lowest BCUT2D eigenvalue weighted by Gasteiger charge is -2.01. The summed E-state index contributed by atoms with van der Waals surface area (Å²) in [5, 5.41) is 0. The zero-order chi connectivity index (χ0) is 10.6. The van der Waals surface area contributed by atoms with E-state index in [2.05, 4.69) is 0 Å². The van der Waals surface area contributed by atoms with Crippen molar-refractivity contribution in [2.24, 2.45) is 0 Å². The predicted octanol–water partition coefficient (Wildman–Crippen LogP) is 3.34. The van der Waals surface area contributed by atoms with Gasteiger partial charge in [0.15, 0.2) is 5.78 Å². The van der Waals surface area contributed by atoms with Crippen LogP contribution in [0.1, 0.15) is 28.8 Å². The molecule has 0 spiro atoms. The maximum atomic E-state index is 12.9. The van der Waals surface area contributed by atoms with E-state index in [0.717, 1.165) is 0 Å². The van der Waals surface area contributed by atoms with Crippen molar-refractivity contribution in [3.63, 3.8) is 0 Å². The minimum Gasteiger partial charge on any atom is -0.294 e. The van der Waals surface area contributed by atoms with Gasteiger partial charge in [-0.05, 0) is 37.1 Å². The van der Waals surface area contributed by atoms with E-state index in [-0.39, 0.29) is 11.6 Å². The summed E-state index contributed by atoms with van der Waals surface area (Å²) in [6.07, 6.45) is 1.09. The van der Waals surface area contributed by atoms with Crippen LogP contribution in [0.15, 0.2) is 18.2 Å². The number of hydrogen-bond donors (Lipinski definition) is 0. The molecule has 0 saturated carbocycles. The van der Waals surface area contributed by atoms with E-state index >= 15 is 0 Å². The van der Waals surface area contributed by atoms with Crippen LogP contribution in [0.2, 0.25) is 0 Å². The van der Waals surface area contributed by atoms with Gasteiger partial charge in [-0.15, -0.1) is 11.6 Å². The second kappa shape index (κ2) is 5.11. The highest BCUT2D eigenvalue weighted by molar-refractivity contribution is 6.18. The zero-order valence-electron chi connectivity index (χ0n) is 8.02. The fourth-order valence-electron chi connectivity index (χ4n) is 1.19. The van der Waals surface area contributed by atoms with Gasteiger partial charge in [0.1, 0.15) is 5.82 Å². The zero-order valence-corrected chi connectivity index (χ0v) is 8.77. The van der Waals surface area contributed by atoms with Crippen molar-refractivity contribution in [3.05, 3.63) is 35.1 Å². The van der Waals surface area contributed by atoms with Gasteiger partial charge in [0.2, 0.25) is 0 Å². The Balaban J connectivity index is 2.76. The number of hydrogen-bond acceptors (Lipinski definition) is 1. The third-order valence-corrected chi connectivity index (χ3v) is 2.28. The van der Waals surface area contributed by atoms with Gasteiger partial charge in [0.05, 0.1) is 0 Å². The number of alkyl halides is 1. The Bertz CT molecular complexity index is 336. The Morgan fingerprint density at radius 2 is 2.21 bits per heavy atom. The molecule has 0 amide bonds. The van der Waals surface area contributed by atoms with Crippen molar-refractivity contribution < 1.29 is 9.18 Å². The summed E-state index contributed by atoms with van der Waals surface area (Å²) in [4.78, 5) is 11.5. The van der Waals surface area contributed by atoms with Crippen LogP contribution >= 0.6 is 11.6 Å². The molecule has 0 heterocycles. The number of halogens is 2. The van der Waals surface area contributed by atoms with Crippen molar-refractivity contribution in [2.75, 3.05) is 5.88 Å². The summed E-state index contributed by atoms with van der Waals surface area (Å²) in [5.74, 6) is 0.221. The number of Topliss-reactive ketones (excluding diaryl/α,β-unsaturated/α-hetero) is 1. The molecule has 3 heteroatoms. The average molecular weight is 215 g/mol. The van der Waals surface area contributed by atoms with E-state index in [0.29, 0.717) is 29.8 Å². The molecule has 0 radical (unpaired) electrons. The average Bonchev–Trinajstić information content (AvgIpc) is 2.18. The summed E-state index contributed by atoms with van der Waals surface area (Å²) >= 11 is 5.48. The van der Waals surface area contributed by atoms with Gasteiger partial charge >= 0.3 is 0 Å². The van der Waals surface area contributed by atoms with Crippen molar-refractivity contribution in [3.8, 4) is 0 Å². The third-order valence-electron chi connectivity index (χ3n) is 2.02. The minimum atomic E-state index is -0.279. The molecule has 0 aliphatic heterocycles. The topological polar surface area (TPSA) is 17.1 Å². The number of carbonyl (C=O) groups excluding carboxylic acids is 1. The lowest BCUT2D eigenvalue weighted by atomic mass is 10.0. The van der Waals surface area contributed by atoms with E-state index in [9.17, 15) is 9.18 Å². The first-order chi connectivity index (χ1) is 6.65. The molecule has 1 aromatic rings. The number of carbonyl (C=O) groups is 1. The van der Waals surface area contributed by atoms with Gasteiger partial charge in [-0.2, -0.15) is 0 Å². The number of rotatable bonds is 4. The van der Waals surface area contributed by atoms with Crippen LogP contribution in [0.25, 0.3) is 0 Å². The van der Waals surface area contributed by atoms with Gasteiger partial charge in [-0.1, -0.05) is 0 Å². The smallest absolute Gasteiger partial charge is 0.162 e. The quantitative estimate of drug-likeness (QED) is 0.555. The molecule has 0 atom stereocenters. The molecule has 0 bridgehead atoms. The van der Waals surface area contributed by atoms with E-state index < -0.39 is 0 Å². The van der Waals surface area contributed by atoms with Crippen LogP contribution in [0, 0.1) is 12.7 Å². The lowest BCUT2D eigenvalue weighted by Crippen LogP contribution is -2.00. The predicted molar refractivity (Wildman–Crippen MR) is 55.4 cm³/mol. The fourth-order valence-corrected chi connectivity index (χ4v) is 1.32. The number of benzene rings is 1. The molecule has 1 nitrogen and oxygen atoms in total. The van der Waals surface area contributed by atoms with Gasteiger partial charge in [-0.25, -0.2) is 4.39 Å². The maximum Gasteiger partial charge on any atom is 0.162 e. The molecule has 0 aliphatic carbocycles. The first-order valence-corrected chi connectivity index (χ1v) is 5.04. The summed E-state index contributed by atoms with van der Waals surface area (Å²) in [7, 11) is 0. The largest absolute Gasteiger partial charge is 0.294 e. The lowest BCUT2D eigenvalue weighted by molar-refractivity contribution is 0.0982. The van der Waals surface area contributed by atoms with Crippen LogP contribution in [-0.4, -0.2) is 11.7 Å². The van der Waals surface area contributed by atoms with Gasteiger partial charge in [0.25, 0.3) is 0 Å². The van der Waals surface area contributed by atoms with Crippen LogP contribution in [0.3, 0.4) is 0 Å². The highest BCUT2D eigenvalue weighted by atomic mass is 35.5. The molecule has 1 aromatic carbocycles. The molecule has 0 N–H and O–H groups in total. The number of ketones is 1. The standard InChI is InChI=1S/C11H12ClFO/c1-8-7-9(4-5-10(8)13)11(14)3-2-6-12/h4-5,7H,2-3,6H2,1H3. The van der Waals surface area contributed by atoms with E-state index in [4.69, 9.17) is 11.6 Å². The Labute approximate surface area is 87.9 Å². The summed E-state index contributed by atoms with van der Waals surface area (Å²) in [6.45, 7) is 1.65. The van der Waals surface area contributed by atoms with E-state index in [1.807, 2.05) is 0 Å². The summed E-state index contributed by atoms with van der Waals surface area (Å²) in [6, 6.07) is 4.41.